The molecule has 0 spiro atoms. The number of aliphatic hydroxyl groups excluding tert-OH is 1. The van der Waals surface area contributed by atoms with E-state index in [-0.39, 0.29) is 25.2 Å². The Hall–Kier alpha value is -1.38. The van der Waals surface area contributed by atoms with Crippen molar-refractivity contribution in [2.24, 2.45) is 11.8 Å². The summed E-state index contributed by atoms with van der Waals surface area (Å²) in [6, 6.07) is -0.468. The van der Waals surface area contributed by atoms with Crippen molar-refractivity contribution in [3.63, 3.8) is 0 Å². The van der Waals surface area contributed by atoms with Crippen molar-refractivity contribution in [2.45, 2.75) is 97.0 Å². The van der Waals surface area contributed by atoms with Crippen LogP contribution in [0.3, 0.4) is 0 Å². The number of ether oxygens (including phenoxy) is 3. The summed E-state index contributed by atoms with van der Waals surface area (Å²) in [4.78, 5) is 24.4. The van der Waals surface area contributed by atoms with Gasteiger partial charge in [-0.1, -0.05) is 46.0 Å². The lowest BCUT2D eigenvalue weighted by atomic mass is 9.83. The van der Waals surface area contributed by atoms with Crippen LogP contribution in [0.4, 0.5) is 4.79 Å². The molecule has 1 rings (SSSR count). The highest BCUT2D eigenvalue weighted by Crippen LogP contribution is 2.29. The maximum absolute atomic E-state index is 12.5. The van der Waals surface area contributed by atoms with Crippen molar-refractivity contribution < 1.29 is 28.9 Å². The zero-order valence-electron chi connectivity index (χ0n) is 19.5. The molecule has 0 aromatic heterocycles. The molecule has 1 saturated carbocycles. The SMILES string of the molecule is COCO[C@H]([C@H](CC1CCCCC1)NC(=O)OC(C)(C)C)[C@@H](O)CNC(=O)C(C)C. The molecule has 1 fully saturated rings. The van der Waals surface area contributed by atoms with E-state index in [0.29, 0.717) is 12.3 Å². The van der Waals surface area contributed by atoms with Crippen molar-refractivity contribution in [3.8, 4) is 0 Å². The standard InChI is InChI=1S/C22H42N2O6/c1-15(2)20(26)23-13-18(25)19(29-14-28-6)17(12-16-10-8-7-9-11-16)24-21(27)30-22(3,4)5/h15-19,25H,7-14H2,1-6H3,(H,23,26)(H,24,27)/t17-,18-,19+/m0/s1. The maximum atomic E-state index is 12.5. The number of alkyl carbamates (subject to hydrolysis) is 1. The average molecular weight is 431 g/mol. The quantitative estimate of drug-likeness (QED) is 0.435. The molecule has 0 aromatic rings. The van der Waals surface area contributed by atoms with Gasteiger partial charge >= 0.3 is 6.09 Å². The minimum absolute atomic E-state index is 0.0303. The van der Waals surface area contributed by atoms with E-state index in [0.717, 1.165) is 12.8 Å². The Morgan fingerprint density at radius 3 is 2.30 bits per heavy atom. The van der Waals surface area contributed by atoms with Crippen LogP contribution in [0, 0.1) is 11.8 Å². The van der Waals surface area contributed by atoms with Gasteiger partial charge in [0.15, 0.2) is 0 Å². The van der Waals surface area contributed by atoms with Crippen molar-refractivity contribution in [3.05, 3.63) is 0 Å². The minimum Gasteiger partial charge on any atom is -0.444 e. The number of rotatable bonds is 11. The van der Waals surface area contributed by atoms with Gasteiger partial charge in [0.1, 0.15) is 18.5 Å². The third kappa shape index (κ3) is 10.6. The number of hydrogen-bond donors (Lipinski definition) is 3. The Bertz CT molecular complexity index is 514. The normalized spacial score (nSPS) is 18.5. The summed E-state index contributed by atoms with van der Waals surface area (Å²) in [5.74, 6) is 0.0988. The molecular weight excluding hydrogens is 388 g/mol. The first kappa shape index (κ1) is 26.7. The predicted molar refractivity (Wildman–Crippen MR) is 115 cm³/mol. The highest BCUT2D eigenvalue weighted by atomic mass is 16.7. The summed E-state index contributed by atoms with van der Waals surface area (Å²) >= 11 is 0. The summed E-state index contributed by atoms with van der Waals surface area (Å²) in [6.45, 7) is 8.99. The van der Waals surface area contributed by atoms with Gasteiger partial charge in [0.05, 0.1) is 12.1 Å². The second kappa shape index (κ2) is 13.1. The molecule has 0 radical (unpaired) electrons. The van der Waals surface area contributed by atoms with E-state index in [1.54, 1.807) is 34.6 Å². The van der Waals surface area contributed by atoms with Gasteiger partial charge in [-0.3, -0.25) is 4.79 Å². The van der Waals surface area contributed by atoms with Crippen molar-refractivity contribution in [1.82, 2.24) is 10.6 Å². The van der Waals surface area contributed by atoms with E-state index in [1.165, 1.54) is 26.4 Å². The van der Waals surface area contributed by atoms with Crippen LogP contribution < -0.4 is 10.6 Å². The number of carbonyl (C=O) groups is 2. The molecule has 176 valence electrons. The fourth-order valence-corrected chi connectivity index (χ4v) is 3.68. The summed E-state index contributed by atoms with van der Waals surface area (Å²) in [6.07, 6.45) is 4.11. The largest absolute Gasteiger partial charge is 0.444 e. The molecule has 1 aliphatic rings. The van der Waals surface area contributed by atoms with Crippen molar-refractivity contribution in [1.29, 1.82) is 0 Å². The average Bonchev–Trinajstić information content (AvgIpc) is 2.65. The molecule has 0 aromatic carbocycles. The molecule has 0 bridgehead atoms. The smallest absolute Gasteiger partial charge is 0.407 e. The van der Waals surface area contributed by atoms with Gasteiger partial charge in [0, 0.05) is 19.6 Å². The van der Waals surface area contributed by atoms with E-state index in [4.69, 9.17) is 14.2 Å². The number of hydrogen-bond acceptors (Lipinski definition) is 6. The fourth-order valence-electron chi connectivity index (χ4n) is 3.68. The van der Waals surface area contributed by atoms with Crippen LogP contribution in [0.2, 0.25) is 0 Å². The Labute approximate surface area is 181 Å². The molecule has 0 saturated heterocycles. The fraction of sp³-hybridized carbons (Fsp3) is 0.909. The summed E-state index contributed by atoms with van der Waals surface area (Å²) in [5, 5.41) is 16.5. The van der Waals surface area contributed by atoms with E-state index < -0.39 is 29.9 Å². The molecular formula is C22H42N2O6. The summed E-state index contributed by atoms with van der Waals surface area (Å²) in [7, 11) is 1.50. The molecule has 8 heteroatoms. The zero-order chi connectivity index (χ0) is 22.7. The second-order valence-corrected chi connectivity index (χ2v) is 9.50. The van der Waals surface area contributed by atoms with Crippen LogP contribution >= 0.6 is 0 Å². The third-order valence-corrected chi connectivity index (χ3v) is 5.18. The molecule has 8 nitrogen and oxygen atoms in total. The highest BCUT2D eigenvalue weighted by molar-refractivity contribution is 5.77. The minimum atomic E-state index is -1.01. The Morgan fingerprint density at radius 2 is 1.77 bits per heavy atom. The zero-order valence-corrected chi connectivity index (χ0v) is 19.5. The van der Waals surface area contributed by atoms with E-state index >= 15 is 0 Å². The lowest BCUT2D eigenvalue weighted by molar-refractivity contribution is -0.132. The Kier molecular flexibility index (Phi) is 11.7. The first-order valence-corrected chi connectivity index (χ1v) is 11.1. The number of amides is 2. The molecule has 0 heterocycles. The van der Waals surface area contributed by atoms with Crippen LogP contribution in [-0.2, 0) is 19.0 Å². The first-order valence-electron chi connectivity index (χ1n) is 11.1. The number of carbonyl (C=O) groups excluding carboxylic acids is 2. The third-order valence-electron chi connectivity index (χ3n) is 5.18. The van der Waals surface area contributed by atoms with Crippen molar-refractivity contribution in [2.75, 3.05) is 20.4 Å². The topological polar surface area (TPSA) is 106 Å². The van der Waals surface area contributed by atoms with Crippen LogP contribution in [0.5, 0.6) is 0 Å². The summed E-state index contributed by atoms with van der Waals surface area (Å²) < 4.78 is 16.3. The van der Waals surface area contributed by atoms with Gasteiger partial charge in [-0.2, -0.15) is 0 Å². The van der Waals surface area contributed by atoms with Crippen LogP contribution in [0.15, 0.2) is 0 Å². The monoisotopic (exact) mass is 430 g/mol. The van der Waals surface area contributed by atoms with Crippen LogP contribution in [0.1, 0.15) is 73.1 Å². The van der Waals surface area contributed by atoms with Gasteiger partial charge in [0.2, 0.25) is 5.91 Å². The molecule has 3 N–H and O–H groups in total. The molecule has 0 unspecified atom stereocenters. The van der Waals surface area contributed by atoms with Crippen molar-refractivity contribution >= 4 is 12.0 Å². The molecule has 1 aliphatic carbocycles. The number of nitrogens with one attached hydrogen (secondary N) is 2. The van der Waals surface area contributed by atoms with Gasteiger partial charge < -0.3 is 30.0 Å². The Balaban J connectivity index is 2.93. The summed E-state index contributed by atoms with van der Waals surface area (Å²) in [5.41, 5.74) is -0.633. The predicted octanol–water partition coefficient (Wildman–Crippen LogP) is 2.97. The van der Waals surface area contributed by atoms with E-state index in [9.17, 15) is 14.7 Å². The lowest BCUT2D eigenvalue weighted by Crippen LogP contribution is -2.54. The number of methoxy groups -OCH3 is 1. The lowest BCUT2D eigenvalue weighted by Gasteiger charge is -2.35. The molecule has 0 aliphatic heterocycles. The van der Waals surface area contributed by atoms with Gasteiger partial charge in [-0.25, -0.2) is 4.79 Å². The van der Waals surface area contributed by atoms with Gasteiger partial charge in [-0.15, -0.1) is 0 Å². The second-order valence-electron chi connectivity index (χ2n) is 9.50. The molecule has 30 heavy (non-hydrogen) atoms. The number of aliphatic hydroxyl groups is 1. The van der Waals surface area contributed by atoms with Gasteiger partial charge in [0.25, 0.3) is 0 Å². The van der Waals surface area contributed by atoms with Crippen LogP contribution in [0.25, 0.3) is 0 Å². The maximum Gasteiger partial charge on any atom is 0.407 e. The van der Waals surface area contributed by atoms with E-state index in [2.05, 4.69) is 10.6 Å². The molecule has 3 atom stereocenters. The Morgan fingerprint density at radius 1 is 1.13 bits per heavy atom. The van der Waals surface area contributed by atoms with Crippen LogP contribution in [-0.4, -0.2) is 61.4 Å². The molecule has 2 amide bonds. The van der Waals surface area contributed by atoms with E-state index in [1.807, 2.05) is 0 Å². The highest BCUT2D eigenvalue weighted by Gasteiger charge is 2.34. The van der Waals surface area contributed by atoms with Gasteiger partial charge in [-0.05, 0) is 33.1 Å². The first-order chi connectivity index (χ1) is 14.0.